The molecule has 1 aromatic heterocycles. The molecule has 0 spiro atoms. The maximum Gasteiger partial charge on any atom is 0.161 e. The predicted octanol–water partition coefficient (Wildman–Crippen LogP) is 2.81. The number of ether oxygens (including phenoxy) is 1. The molecule has 1 atom stereocenters. The highest BCUT2D eigenvalue weighted by Crippen LogP contribution is 2.33. The van der Waals surface area contributed by atoms with Crippen molar-refractivity contribution in [1.82, 2.24) is 15.1 Å². The quantitative estimate of drug-likeness (QED) is 0.940. The summed E-state index contributed by atoms with van der Waals surface area (Å²) in [4.78, 5) is 0. The molecule has 0 amide bonds. The molecule has 2 rings (SSSR count). The van der Waals surface area contributed by atoms with Gasteiger partial charge in [-0.3, -0.25) is 4.68 Å². The molecule has 5 heteroatoms. The van der Waals surface area contributed by atoms with Gasteiger partial charge >= 0.3 is 0 Å². The molecule has 1 heterocycles. The largest absolute Gasteiger partial charge is 0.493 e. The van der Waals surface area contributed by atoms with E-state index in [-0.39, 0.29) is 6.04 Å². The summed E-state index contributed by atoms with van der Waals surface area (Å²) >= 11 is 3.58. The summed E-state index contributed by atoms with van der Waals surface area (Å²) in [6.45, 7) is 2.10. The van der Waals surface area contributed by atoms with Gasteiger partial charge in [0.1, 0.15) is 5.69 Å². The summed E-state index contributed by atoms with van der Waals surface area (Å²) in [5.74, 6) is 0.793. The number of aromatic nitrogens is 2. The van der Waals surface area contributed by atoms with E-state index in [0.717, 1.165) is 15.9 Å². The molecule has 1 unspecified atom stereocenters. The van der Waals surface area contributed by atoms with Gasteiger partial charge in [-0.25, -0.2) is 0 Å². The molecule has 1 aromatic carbocycles. The molecule has 4 nitrogen and oxygen atoms in total. The van der Waals surface area contributed by atoms with Crippen LogP contribution in [0.1, 0.15) is 22.9 Å². The van der Waals surface area contributed by atoms with E-state index in [9.17, 15) is 0 Å². The van der Waals surface area contributed by atoms with Crippen LogP contribution in [0.3, 0.4) is 0 Å². The first-order valence-electron chi connectivity index (χ1n) is 6.08. The number of benzene rings is 1. The summed E-state index contributed by atoms with van der Waals surface area (Å²) in [6, 6.07) is 6.25. The van der Waals surface area contributed by atoms with E-state index in [1.54, 1.807) is 13.3 Å². The number of aryl methyl sites for hydroxylation is 1. The van der Waals surface area contributed by atoms with Gasteiger partial charge in [0.2, 0.25) is 0 Å². The standard InChI is InChI=1S/C14H18BrN3O/c1-9-10(6-5-7-11(9)15)13(16-2)14-12(19-4)8-17-18(14)3/h5-8,13,16H,1-4H3. The van der Waals surface area contributed by atoms with E-state index in [0.29, 0.717) is 0 Å². The molecule has 0 aliphatic heterocycles. The third-order valence-electron chi connectivity index (χ3n) is 3.35. The fourth-order valence-electron chi connectivity index (χ4n) is 2.29. The lowest BCUT2D eigenvalue weighted by Gasteiger charge is -2.21. The van der Waals surface area contributed by atoms with Crippen molar-refractivity contribution < 1.29 is 4.74 Å². The van der Waals surface area contributed by atoms with Crippen molar-refractivity contribution in [2.45, 2.75) is 13.0 Å². The number of nitrogens with zero attached hydrogens (tertiary/aromatic N) is 2. The summed E-state index contributed by atoms with van der Waals surface area (Å²) in [6.07, 6.45) is 1.74. The Morgan fingerprint density at radius 2 is 2.16 bits per heavy atom. The van der Waals surface area contributed by atoms with Crippen LogP contribution >= 0.6 is 15.9 Å². The molecular formula is C14H18BrN3O. The Bertz CT molecular complexity index is 580. The van der Waals surface area contributed by atoms with Crippen LogP contribution in [-0.2, 0) is 7.05 Å². The Hall–Kier alpha value is -1.33. The molecular weight excluding hydrogens is 306 g/mol. The van der Waals surface area contributed by atoms with E-state index in [1.807, 2.05) is 30.9 Å². The highest BCUT2D eigenvalue weighted by molar-refractivity contribution is 9.10. The van der Waals surface area contributed by atoms with Crippen molar-refractivity contribution in [3.63, 3.8) is 0 Å². The summed E-state index contributed by atoms with van der Waals surface area (Å²) in [5.41, 5.74) is 3.44. The Balaban J connectivity index is 2.56. The molecule has 0 saturated heterocycles. The molecule has 1 N–H and O–H groups in total. The Kier molecular flexibility index (Phi) is 4.27. The number of nitrogens with one attached hydrogen (secondary N) is 1. The average molecular weight is 324 g/mol. The van der Waals surface area contributed by atoms with Crippen LogP contribution in [0, 0.1) is 6.92 Å². The lowest BCUT2D eigenvalue weighted by molar-refractivity contribution is 0.402. The molecule has 0 fully saturated rings. The number of hydrogen-bond donors (Lipinski definition) is 1. The zero-order valence-corrected chi connectivity index (χ0v) is 13.2. The van der Waals surface area contributed by atoms with E-state index < -0.39 is 0 Å². The van der Waals surface area contributed by atoms with Gasteiger partial charge in [-0.05, 0) is 31.2 Å². The van der Waals surface area contributed by atoms with Crippen molar-refractivity contribution in [2.75, 3.05) is 14.2 Å². The minimum absolute atomic E-state index is 0.0416. The van der Waals surface area contributed by atoms with E-state index in [2.05, 4.69) is 39.3 Å². The predicted molar refractivity (Wildman–Crippen MR) is 79.5 cm³/mol. The normalized spacial score (nSPS) is 12.5. The van der Waals surface area contributed by atoms with E-state index >= 15 is 0 Å². The Morgan fingerprint density at radius 1 is 1.42 bits per heavy atom. The fourth-order valence-corrected chi connectivity index (χ4v) is 2.67. The number of rotatable bonds is 4. The monoisotopic (exact) mass is 323 g/mol. The zero-order valence-electron chi connectivity index (χ0n) is 11.6. The summed E-state index contributed by atoms with van der Waals surface area (Å²) in [7, 11) is 5.54. The van der Waals surface area contributed by atoms with Crippen molar-refractivity contribution in [2.24, 2.45) is 7.05 Å². The molecule has 0 aliphatic carbocycles. The first kappa shape index (κ1) is 14.1. The molecule has 2 aromatic rings. The lowest BCUT2D eigenvalue weighted by Crippen LogP contribution is -2.22. The van der Waals surface area contributed by atoms with Crippen LogP contribution in [0.2, 0.25) is 0 Å². The lowest BCUT2D eigenvalue weighted by atomic mass is 9.98. The topological polar surface area (TPSA) is 39.1 Å². The van der Waals surface area contributed by atoms with Gasteiger partial charge in [-0.1, -0.05) is 28.1 Å². The number of hydrogen-bond acceptors (Lipinski definition) is 3. The van der Waals surface area contributed by atoms with Gasteiger partial charge in [-0.2, -0.15) is 5.10 Å². The van der Waals surface area contributed by atoms with Gasteiger partial charge in [0, 0.05) is 11.5 Å². The van der Waals surface area contributed by atoms with Crippen LogP contribution in [0.4, 0.5) is 0 Å². The number of halogens is 1. The van der Waals surface area contributed by atoms with Crippen molar-refractivity contribution >= 4 is 15.9 Å². The van der Waals surface area contributed by atoms with Gasteiger partial charge in [-0.15, -0.1) is 0 Å². The summed E-state index contributed by atoms with van der Waals surface area (Å²) < 4.78 is 8.36. The van der Waals surface area contributed by atoms with Crippen LogP contribution in [0.25, 0.3) is 0 Å². The van der Waals surface area contributed by atoms with Gasteiger partial charge < -0.3 is 10.1 Å². The molecule has 0 bridgehead atoms. The van der Waals surface area contributed by atoms with Gasteiger partial charge in [0.25, 0.3) is 0 Å². The maximum atomic E-state index is 5.41. The fraction of sp³-hybridized carbons (Fsp3) is 0.357. The second kappa shape index (κ2) is 5.75. The third kappa shape index (κ3) is 2.53. The van der Waals surface area contributed by atoms with E-state index in [4.69, 9.17) is 4.74 Å². The molecule has 102 valence electrons. The van der Waals surface area contributed by atoms with Crippen LogP contribution in [-0.4, -0.2) is 23.9 Å². The van der Waals surface area contributed by atoms with Crippen LogP contribution < -0.4 is 10.1 Å². The number of methoxy groups -OCH3 is 1. The minimum atomic E-state index is 0.0416. The molecule has 0 saturated carbocycles. The maximum absolute atomic E-state index is 5.41. The minimum Gasteiger partial charge on any atom is -0.493 e. The Labute approximate surface area is 121 Å². The first-order chi connectivity index (χ1) is 9.10. The second-order valence-electron chi connectivity index (χ2n) is 4.40. The zero-order chi connectivity index (χ0) is 14.0. The Morgan fingerprint density at radius 3 is 2.79 bits per heavy atom. The highest BCUT2D eigenvalue weighted by Gasteiger charge is 2.22. The van der Waals surface area contributed by atoms with Crippen molar-refractivity contribution in [3.05, 3.63) is 45.7 Å². The van der Waals surface area contributed by atoms with Gasteiger partial charge in [0.05, 0.1) is 19.3 Å². The third-order valence-corrected chi connectivity index (χ3v) is 4.21. The highest BCUT2D eigenvalue weighted by atomic mass is 79.9. The average Bonchev–Trinajstić information content (AvgIpc) is 2.77. The van der Waals surface area contributed by atoms with E-state index in [1.165, 1.54) is 11.1 Å². The first-order valence-corrected chi connectivity index (χ1v) is 6.87. The summed E-state index contributed by atoms with van der Waals surface area (Å²) in [5, 5.41) is 7.62. The van der Waals surface area contributed by atoms with Crippen molar-refractivity contribution in [1.29, 1.82) is 0 Å². The van der Waals surface area contributed by atoms with Crippen LogP contribution in [0.5, 0.6) is 5.75 Å². The second-order valence-corrected chi connectivity index (χ2v) is 5.25. The van der Waals surface area contributed by atoms with Gasteiger partial charge in [0.15, 0.2) is 5.75 Å². The molecule has 19 heavy (non-hydrogen) atoms. The molecule has 0 aliphatic rings. The van der Waals surface area contributed by atoms with Crippen molar-refractivity contribution in [3.8, 4) is 5.75 Å². The smallest absolute Gasteiger partial charge is 0.161 e. The van der Waals surface area contributed by atoms with Crippen LogP contribution in [0.15, 0.2) is 28.9 Å². The SMILES string of the molecule is CNC(c1cccc(Br)c1C)c1c(OC)cnn1C. The molecule has 0 radical (unpaired) electrons.